The van der Waals surface area contributed by atoms with Gasteiger partial charge in [-0.1, -0.05) is 19.1 Å². The summed E-state index contributed by atoms with van der Waals surface area (Å²) < 4.78 is 5.93. The Hall–Kier alpha value is -1.16. The van der Waals surface area contributed by atoms with Gasteiger partial charge in [0, 0.05) is 5.69 Å². The lowest BCUT2D eigenvalue weighted by Gasteiger charge is -2.26. The second kappa shape index (κ2) is 5.00. The van der Waals surface area contributed by atoms with Crippen LogP contribution < -0.4 is 10.5 Å². The van der Waals surface area contributed by atoms with Crippen molar-refractivity contribution in [3.05, 3.63) is 22.9 Å². The first kappa shape index (κ1) is 13.9. The van der Waals surface area contributed by atoms with Crippen molar-refractivity contribution in [1.82, 2.24) is 4.98 Å². The van der Waals surface area contributed by atoms with Crippen molar-refractivity contribution in [2.75, 3.05) is 0 Å². The number of rotatable bonds is 4. The first-order valence-corrected chi connectivity index (χ1v) is 6.14. The predicted molar refractivity (Wildman–Crippen MR) is 74.6 cm³/mol. The molecule has 1 aromatic heterocycles. The first-order valence-electron chi connectivity index (χ1n) is 5.74. The largest absolute Gasteiger partial charge is 0.471 e. The lowest BCUT2D eigenvalue weighted by atomic mass is 10.1. The fourth-order valence-corrected chi connectivity index (χ4v) is 1.76. The van der Waals surface area contributed by atoms with Crippen molar-refractivity contribution in [2.45, 2.75) is 46.6 Å². The molecule has 0 aliphatic rings. The van der Waals surface area contributed by atoms with Crippen molar-refractivity contribution < 1.29 is 4.74 Å². The van der Waals surface area contributed by atoms with E-state index in [1.807, 2.05) is 33.8 Å². The third-order valence-corrected chi connectivity index (χ3v) is 2.99. The van der Waals surface area contributed by atoms with Crippen LogP contribution in [0.1, 0.15) is 44.0 Å². The van der Waals surface area contributed by atoms with Gasteiger partial charge < -0.3 is 10.5 Å². The van der Waals surface area contributed by atoms with Gasteiger partial charge in [-0.2, -0.15) is 0 Å². The third kappa shape index (κ3) is 3.40. The highest BCUT2D eigenvalue weighted by atomic mass is 32.1. The molecule has 0 unspecified atom stereocenters. The molecule has 1 aromatic rings. The van der Waals surface area contributed by atoms with Crippen molar-refractivity contribution in [3.63, 3.8) is 0 Å². The van der Waals surface area contributed by atoms with E-state index in [4.69, 9.17) is 22.7 Å². The Labute approximate surface area is 108 Å². The fourth-order valence-electron chi connectivity index (χ4n) is 1.51. The molecule has 0 amide bonds. The van der Waals surface area contributed by atoms with E-state index in [1.165, 1.54) is 0 Å². The number of nitrogens with zero attached hydrogens (tertiary/aromatic N) is 1. The Balaban J connectivity index is 3.26. The number of aromatic nitrogens is 1. The van der Waals surface area contributed by atoms with Crippen LogP contribution in [0.5, 0.6) is 5.88 Å². The van der Waals surface area contributed by atoms with Gasteiger partial charge in [0.15, 0.2) is 0 Å². The summed E-state index contributed by atoms with van der Waals surface area (Å²) in [6.07, 6.45) is 0.887. The Morgan fingerprint density at radius 2 is 2.06 bits per heavy atom. The smallest absolute Gasteiger partial charge is 0.224 e. The molecule has 0 bridgehead atoms. The van der Waals surface area contributed by atoms with Gasteiger partial charge in [0.25, 0.3) is 0 Å². The molecule has 1 heterocycles. The Morgan fingerprint density at radius 1 is 1.47 bits per heavy atom. The summed E-state index contributed by atoms with van der Waals surface area (Å²) in [6, 6.07) is 1.96. The molecule has 17 heavy (non-hydrogen) atoms. The average molecular weight is 252 g/mol. The number of pyridine rings is 1. The standard InChI is InChI=1S/C13H20N2OS/c1-6-13(4,5)16-12-10(11(14)17)8(2)7-9(3)15-12/h7H,6H2,1-5H3,(H2,14,17). The minimum Gasteiger partial charge on any atom is -0.471 e. The molecule has 0 saturated heterocycles. The van der Waals surface area contributed by atoms with E-state index < -0.39 is 0 Å². The summed E-state index contributed by atoms with van der Waals surface area (Å²) in [7, 11) is 0. The predicted octanol–water partition coefficient (Wildman–Crippen LogP) is 2.90. The van der Waals surface area contributed by atoms with Crippen molar-refractivity contribution in [1.29, 1.82) is 0 Å². The maximum absolute atomic E-state index is 5.93. The van der Waals surface area contributed by atoms with Crippen LogP contribution in [0.2, 0.25) is 0 Å². The van der Waals surface area contributed by atoms with Crippen molar-refractivity contribution in [3.8, 4) is 5.88 Å². The minimum absolute atomic E-state index is 0.271. The van der Waals surface area contributed by atoms with E-state index >= 15 is 0 Å². The Kier molecular flexibility index (Phi) is 4.09. The van der Waals surface area contributed by atoms with Gasteiger partial charge in [-0.25, -0.2) is 4.98 Å². The summed E-state index contributed by atoms with van der Waals surface area (Å²) in [5.41, 5.74) is 8.12. The molecule has 0 spiro atoms. The quantitative estimate of drug-likeness (QED) is 0.837. The molecule has 0 aromatic carbocycles. The SMILES string of the molecule is CCC(C)(C)Oc1nc(C)cc(C)c1C(N)=S. The summed E-state index contributed by atoms with van der Waals surface area (Å²) in [5, 5.41) is 0. The van der Waals surface area contributed by atoms with E-state index in [-0.39, 0.29) is 5.60 Å². The van der Waals surface area contributed by atoms with E-state index in [2.05, 4.69) is 11.9 Å². The van der Waals surface area contributed by atoms with E-state index in [9.17, 15) is 0 Å². The first-order chi connectivity index (χ1) is 7.76. The second-order valence-corrected chi connectivity index (χ2v) is 5.28. The number of aryl methyl sites for hydroxylation is 2. The fraction of sp³-hybridized carbons (Fsp3) is 0.538. The second-order valence-electron chi connectivity index (χ2n) is 4.84. The Morgan fingerprint density at radius 3 is 2.53 bits per heavy atom. The van der Waals surface area contributed by atoms with E-state index in [0.29, 0.717) is 10.9 Å². The zero-order chi connectivity index (χ0) is 13.2. The van der Waals surface area contributed by atoms with Crippen molar-refractivity contribution in [2.24, 2.45) is 5.73 Å². The maximum atomic E-state index is 5.93. The molecular formula is C13H20N2OS. The number of hydrogen-bond acceptors (Lipinski definition) is 3. The summed E-state index contributed by atoms with van der Waals surface area (Å²) in [4.78, 5) is 4.73. The minimum atomic E-state index is -0.271. The van der Waals surface area contributed by atoms with Crippen LogP contribution in [0.25, 0.3) is 0 Å². The molecule has 3 nitrogen and oxygen atoms in total. The lowest BCUT2D eigenvalue weighted by molar-refractivity contribution is 0.0985. The topological polar surface area (TPSA) is 48.1 Å². The molecule has 2 N–H and O–H groups in total. The molecule has 0 saturated carbocycles. The van der Waals surface area contributed by atoms with Crippen LogP contribution in [0.15, 0.2) is 6.07 Å². The van der Waals surface area contributed by atoms with Crippen LogP contribution in [0.4, 0.5) is 0 Å². The highest BCUT2D eigenvalue weighted by molar-refractivity contribution is 7.80. The zero-order valence-corrected chi connectivity index (χ0v) is 11.9. The summed E-state index contributed by atoms with van der Waals surface area (Å²) in [6.45, 7) is 10.0. The van der Waals surface area contributed by atoms with E-state index in [1.54, 1.807) is 0 Å². The van der Waals surface area contributed by atoms with Crippen LogP contribution in [0, 0.1) is 13.8 Å². The lowest BCUT2D eigenvalue weighted by Crippen LogP contribution is -2.29. The van der Waals surface area contributed by atoms with Gasteiger partial charge in [0.05, 0.1) is 5.56 Å². The van der Waals surface area contributed by atoms with Gasteiger partial charge >= 0.3 is 0 Å². The van der Waals surface area contributed by atoms with Gasteiger partial charge in [-0.3, -0.25) is 0 Å². The average Bonchev–Trinajstić information content (AvgIpc) is 2.14. The maximum Gasteiger partial charge on any atom is 0.224 e. The Bertz CT molecular complexity index is 441. The molecule has 0 atom stereocenters. The zero-order valence-electron chi connectivity index (χ0n) is 11.1. The molecular weight excluding hydrogens is 232 g/mol. The third-order valence-electron chi connectivity index (χ3n) is 2.78. The monoisotopic (exact) mass is 252 g/mol. The number of thiocarbonyl (C=S) groups is 1. The van der Waals surface area contributed by atoms with Crippen LogP contribution in [-0.2, 0) is 0 Å². The van der Waals surface area contributed by atoms with Gasteiger partial charge in [0.2, 0.25) is 5.88 Å². The van der Waals surface area contributed by atoms with Crippen LogP contribution in [-0.4, -0.2) is 15.6 Å². The van der Waals surface area contributed by atoms with Gasteiger partial charge in [-0.05, 0) is 45.7 Å². The summed E-state index contributed by atoms with van der Waals surface area (Å²) >= 11 is 5.06. The normalized spacial score (nSPS) is 11.4. The van der Waals surface area contributed by atoms with Crippen LogP contribution in [0.3, 0.4) is 0 Å². The molecule has 0 aliphatic heterocycles. The number of hydrogen-bond donors (Lipinski definition) is 1. The molecule has 1 rings (SSSR count). The molecule has 4 heteroatoms. The van der Waals surface area contributed by atoms with E-state index in [0.717, 1.165) is 23.2 Å². The highest BCUT2D eigenvalue weighted by Gasteiger charge is 2.21. The number of ether oxygens (including phenoxy) is 1. The van der Waals surface area contributed by atoms with Gasteiger partial charge in [-0.15, -0.1) is 0 Å². The highest BCUT2D eigenvalue weighted by Crippen LogP contribution is 2.26. The summed E-state index contributed by atoms with van der Waals surface area (Å²) in [5.74, 6) is 0.543. The number of nitrogens with two attached hydrogens (primary N) is 1. The molecule has 94 valence electrons. The van der Waals surface area contributed by atoms with Crippen molar-refractivity contribution >= 4 is 17.2 Å². The molecule has 0 radical (unpaired) electrons. The molecule has 0 fully saturated rings. The molecule has 0 aliphatic carbocycles. The van der Waals surface area contributed by atoms with Gasteiger partial charge in [0.1, 0.15) is 10.6 Å². The van der Waals surface area contributed by atoms with Crippen LogP contribution >= 0.6 is 12.2 Å².